The van der Waals surface area contributed by atoms with Gasteiger partial charge in [-0.1, -0.05) is 49.4 Å². The standard InChI is InChI=1S/C31H42N2O7/c1-6-27(24-16-18-33(19-17-24)30(36)40-31(2,3)4)39-25-14-12-22(13-15-25)20-26(28(34)37-5)32-29(35)38-21-23-10-8-7-9-11-23/h7-15,24,26-27H,6,16-21H2,1-5H3,(H,32,35). The van der Waals surface area contributed by atoms with Gasteiger partial charge >= 0.3 is 18.2 Å². The number of amides is 2. The van der Waals surface area contributed by atoms with Gasteiger partial charge < -0.3 is 29.2 Å². The van der Waals surface area contributed by atoms with E-state index in [1.807, 2.05) is 75.4 Å². The molecule has 1 heterocycles. The minimum absolute atomic E-state index is 0.0236. The van der Waals surface area contributed by atoms with Crippen LogP contribution in [0.1, 0.15) is 58.1 Å². The number of likely N-dealkylation sites (tertiary alicyclic amines) is 1. The first-order valence-corrected chi connectivity index (χ1v) is 13.9. The van der Waals surface area contributed by atoms with Crippen molar-refractivity contribution in [1.82, 2.24) is 10.2 Å². The Kier molecular flexibility index (Phi) is 11.2. The van der Waals surface area contributed by atoms with Gasteiger partial charge in [0.2, 0.25) is 0 Å². The van der Waals surface area contributed by atoms with Crippen LogP contribution in [-0.4, -0.2) is 61.0 Å². The smallest absolute Gasteiger partial charge is 0.410 e. The van der Waals surface area contributed by atoms with E-state index in [9.17, 15) is 14.4 Å². The van der Waals surface area contributed by atoms with Gasteiger partial charge in [-0.15, -0.1) is 0 Å². The van der Waals surface area contributed by atoms with Gasteiger partial charge in [-0.3, -0.25) is 0 Å². The maximum Gasteiger partial charge on any atom is 0.410 e. The predicted octanol–water partition coefficient (Wildman–Crippen LogP) is 5.50. The normalized spacial score (nSPS) is 15.5. The van der Waals surface area contributed by atoms with E-state index in [1.165, 1.54) is 7.11 Å². The van der Waals surface area contributed by atoms with E-state index in [0.717, 1.165) is 36.1 Å². The number of nitrogens with zero attached hydrogens (tertiary/aromatic N) is 1. The largest absolute Gasteiger partial charge is 0.490 e. The number of esters is 1. The quantitative estimate of drug-likeness (QED) is 0.305. The van der Waals surface area contributed by atoms with E-state index in [2.05, 4.69) is 12.2 Å². The summed E-state index contributed by atoms with van der Waals surface area (Å²) in [6, 6.07) is 15.9. The molecule has 40 heavy (non-hydrogen) atoms. The molecule has 1 saturated heterocycles. The molecule has 2 aromatic rings. The summed E-state index contributed by atoms with van der Waals surface area (Å²) < 4.78 is 22.0. The Hall–Kier alpha value is -3.75. The van der Waals surface area contributed by atoms with Gasteiger partial charge in [0.1, 0.15) is 30.1 Å². The third-order valence-electron chi connectivity index (χ3n) is 6.76. The Bertz CT molecular complexity index is 1090. The second kappa shape index (κ2) is 14.6. The van der Waals surface area contributed by atoms with E-state index in [0.29, 0.717) is 19.0 Å². The number of carbonyl (C=O) groups is 3. The lowest BCUT2D eigenvalue weighted by atomic mass is 9.90. The van der Waals surface area contributed by atoms with Gasteiger partial charge in [0, 0.05) is 19.5 Å². The lowest BCUT2D eigenvalue weighted by Crippen LogP contribution is -2.44. The minimum atomic E-state index is -0.890. The third-order valence-corrected chi connectivity index (χ3v) is 6.76. The second-order valence-corrected chi connectivity index (χ2v) is 11.0. The molecule has 2 unspecified atom stereocenters. The van der Waals surface area contributed by atoms with Crippen LogP contribution < -0.4 is 10.1 Å². The van der Waals surface area contributed by atoms with Gasteiger partial charge in [-0.05, 0) is 69.2 Å². The topological polar surface area (TPSA) is 103 Å². The number of benzene rings is 2. The van der Waals surface area contributed by atoms with E-state index in [1.54, 1.807) is 4.90 Å². The first-order chi connectivity index (χ1) is 19.1. The summed E-state index contributed by atoms with van der Waals surface area (Å²) in [5, 5.41) is 2.61. The molecular formula is C31H42N2O7. The SMILES string of the molecule is CCC(Oc1ccc(CC(NC(=O)OCc2ccccc2)C(=O)OC)cc1)C1CCN(C(=O)OC(C)(C)C)CC1. The summed E-state index contributed by atoms with van der Waals surface area (Å²) in [4.78, 5) is 38.8. The molecule has 218 valence electrons. The first-order valence-electron chi connectivity index (χ1n) is 13.9. The zero-order valence-corrected chi connectivity index (χ0v) is 24.2. The Morgan fingerprint density at radius 2 is 1.62 bits per heavy atom. The predicted molar refractivity (Wildman–Crippen MR) is 151 cm³/mol. The Labute approximate surface area is 237 Å². The van der Waals surface area contributed by atoms with Crippen molar-refractivity contribution >= 4 is 18.2 Å². The molecule has 2 aromatic carbocycles. The summed E-state index contributed by atoms with van der Waals surface area (Å²) in [5.74, 6) is 0.508. The molecule has 0 aromatic heterocycles. The second-order valence-electron chi connectivity index (χ2n) is 11.0. The van der Waals surface area contributed by atoms with Crippen LogP contribution in [0, 0.1) is 5.92 Å². The fourth-order valence-corrected chi connectivity index (χ4v) is 4.65. The molecular weight excluding hydrogens is 512 g/mol. The highest BCUT2D eigenvalue weighted by atomic mass is 16.6. The van der Waals surface area contributed by atoms with Crippen LogP contribution >= 0.6 is 0 Å². The molecule has 9 nitrogen and oxygen atoms in total. The third kappa shape index (κ3) is 9.77. The highest BCUT2D eigenvalue weighted by Crippen LogP contribution is 2.27. The van der Waals surface area contributed by atoms with Crippen LogP contribution in [0.4, 0.5) is 9.59 Å². The Morgan fingerprint density at radius 1 is 0.975 bits per heavy atom. The number of methoxy groups -OCH3 is 1. The van der Waals surface area contributed by atoms with Gasteiger partial charge in [0.15, 0.2) is 0 Å². The molecule has 1 aliphatic heterocycles. The van der Waals surface area contributed by atoms with E-state index in [-0.39, 0.29) is 25.2 Å². The number of rotatable bonds is 10. The van der Waals surface area contributed by atoms with Crippen LogP contribution in [-0.2, 0) is 32.0 Å². The fourth-order valence-electron chi connectivity index (χ4n) is 4.65. The Balaban J connectivity index is 1.51. The minimum Gasteiger partial charge on any atom is -0.490 e. The van der Waals surface area contributed by atoms with E-state index >= 15 is 0 Å². The van der Waals surface area contributed by atoms with Gasteiger partial charge in [0.05, 0.1) is 7.11 Å². The summed E-state index contributed by atoms with van der Waals surface area (Å²) in [7, 11) is 1.28. The number of hydrogen-bond acceptors (Lipinski definition) is 7. The van der Waals surface area contributed by atoms with Crippen LogP contribution in [0.25, 0.3) is 0 Å². The molecule has 9 heteroatoms. The maximum atomic E-state index is 12.4. The molecule has 2 amide bonds. The maximum absolute atomic E-state index is 12.4. The molecule has 1 fully saturated rings. The van der Waals surface area contributed by atoms with Crippen LogP contribution in [0.3, 0.4) is 0 Å². The summed E-state index contributed by atoms with van der Waals surface area (Å²) in [6.07, 6.45) is 1.86. The van der Waals surface area contributed by atoms with Crippen molar-refractivity contribution in [3.8, 4) is 5.75 Å². The van der Waals surface area contributed by atoms with Crippen molar-refractivity contribution in [2.45, 2.75) is 77.7 Å². The highest BCUT2D eigenvalue weighted by Gasteiger charge is 2.31. The zero-order chi connectivity index (χ0) is 29.1. The molecule has 2 atom stereocenters. The van der Waals surface area contributed by atoms with Crippen molar-refractivity contribution in [3.63, 3.8) is 0 Å². The highest BCUT2D eigenvalue weighted by molar-refractivity contribution is 5.81. The van der Waals surface area contributed by atoms with Crippen LogP contribution in [0.5, 0.6) is 5.75 Å². The summed E-state index contributed by atoms with van der Waals surface area (Å²) in [6.45, 7) is 9.11. The fraction of sp³-hybridized carbons (Fsp3) is 0.516. The zero-order valence-electron chi connectivity index (χ0n) is 24.2. The van der Waals surface area contributed by atoms with E-state index < -0.39 is 23.7 Å². The lowest BCUT2D eigenvalue weighted by molar-refractivity contribution is -0.143. The number of carbonyl (C=O) groups excluding carboxylic acids is 3. The number of nitrogens with one attached hydrogen (secondary N) is 1. The number of piperidine rings is 1. The first kappa shape index (κ1) is 30.8. The molecule has 1 N–H and O–H groups in total. The number of hydrogen-bond donors (Lipinski definition) is 1. The molecule has 0 bridgehead atoms. The average Bonchev–Trinajstić information content (AvgIpc) is 2.94. The molecule has 3 rings (SSSR count). The van der Waals surface area contributed by atoms with Crippen LogP contribution in [0.2, 0.25) is 0 Å². The van der Waals surface area contributed by atoms with Gasteiger partial charge in [-0.25, -0.2) is 14.4 Å². The monoisotopic (exact) mass is 554 g/mol. The average molecular weight is 555 g/mol. The van der Waals surface area contributed by atoms with Crippen molar-refractivity contribution in [3.05, 3.63) is 65.7 Å². The van der Waals surface area contributed by atoms with E-state index in [4.69, 9.17) is 18.9 Å². The Morgan fingerprint density at radius 3 is 2.20 bits per heavy atom. The molecule has 1 aliphatic rings. The van der Waals surface area contributed by atoms with Crippen molar-refractivity contribution in [2.75, 3.05) is 20.2 Å². The lowest BCUT2D eigenvalue weighted by Gasteiger charge is -2.36. The molecule has 0 aliphatic carbocycles. The van der Waals surface area contributed by atoms with Gasteiger partial charge in [-0.2, -0.15) is 0 Å². The molecule has 0 spiro atoms. The number of ether oxygens (including phenoxy) is 4. The van der Waals surface area contributed by atoms with Crippen LogP contribution in [0.15, 0.2) is 54.6 Å². The van der Waals surface area contributed by atoms with Crippen molar-refractivity contribution in [2.24, 2.45) is 5.92 Å². The molecule has 0 radical (unpaired) electrons. The summed E-state index contributed by atoms with van der Waals surface area (Å²) in [5.41, 5.74) is 1.18. The number of alkyl carbamates (subject to hydrolysis) is 1. The van der Waals surface area contributed by atoms with Gasteiger partial charge in [0.25, 0.3) is 0 Å². The molecule has 0 saturated carbocycles. The summed E-state index contributed by atoms with van der Waals surface area (Å²) >= 11 is 0. The van der Waals surface area contributed by atoms with Crippen molar-refractivity contribution in [1.29, 1.82) is 0 Å². The van der Waals surface area contributed by atoms with Crippen molar-refractivity contribution < 1.29 is 33.3 Å².